The van der Waals surface area contributed by atoms with E-state index < -0.39 is 5.60 Å². The van der Waals surface area contributed by atoms with Crippen molar-refractivity contribution in [2.24, 2.45) is 0 Å². The Balaban J connectivity index is 3.71. The van der Waals surface area contributed by atoms with Gasteiger partial charge in [-0.25, -0.2) is 4.79 Å². The van der Waals surface area contributed by atoms with Gasteiger partial charge in [0.25, 0.3) is 0 Å². The molecule has 4 nitrogen and oxygen atoms in total. The Kier molecular flexibility index (Phi) is 6.67. The lowest BCUT2D eigenvalue weighted by Gasteiger charge is -2.21. The molecule has 0 spiro atoms. The summed E-state index contributed by atoms with van der Waals surface area (Å²) in [5.74, 6) is 0. The summed E-state index contributed by atoms with van der Waals surface area (Å²) >= 11 is 3.25. The molecule has 0 saturated carbocycles. The molecule has 5 heteroatoms. The first kappa shape index (κ1) is 15.4. The zero-order chi connectivity index (χ0) is 12.8. The van der Waals surface area contributed by atoms with Crippen LogP contribution in [0.15, 0.2) is 11.1 Å². The van der Waals surface area contributed by atoms with Gasteiger partial charge in [0.15, 0.2) is 0 Å². The summed E-state index contributed by atoms with van der Waals surface area (Å²) in [5.41, 5.74) is -0.453. The molecule has 0 bridgehead atoms. The van der Waals surface area contributed by atoms with Crippen LogP contribution in [-0.4, -0.2) is 30.8 Å². The number of carbonyl (C=O) groups is 1. The fourth-order valence-electron chi connectivity index (χ4n) is 0.908. The van der Waals surface area contributed by atoms with Gasteiger partial charge in [0.1, 0.15) is 5.60 Å². The van der Waals surface area contributed by atoms with Crippen LogP contribution in [-0.2, 0) is 4.74 Å². The largest absolute Gasteiger partial charge is 0.444 e. The summed E-state index contributed by atoms with van der Waals surface area (Å²) in [6.45, 7) is 12.4. The summed E-state index contributed by atoms with van der Waals surface area (Å²) in [6.07, 6.45) is -0.390. The van der Waals surface area contributed by atoms with Crippen LogP contribution >= 0.6 is 15.9 Å². The molecule has 94 valence electrons. The maximum Gasteiger partial charge on any atom is 0.407 e. The van der Waals surface area contributed by atoms with Crippen LogP contribution in [0.1, 0.15) is 27.7 Å². The Morgan fingerprint density at radius 1 is 1.50 bits per heavy atom. The molecule has 0 aliphatic carbocycles. The van der Waals surface area contributed by atoms with Gasteiger partial charge in [0.2, 0.25) is 0 Å². The van der Waals surface area contributed by atoms with Gasteiger partial charge in [-0.2, -0.15) is 0 Å². The number of rotatable bonds is 5. The van der Waals surface area contributed by atoms with E-state index in [1.807, 2.05) is 27.7 Å². The summed E-state index contributed by atoms with van der Waals surface area (Å²) in [4.78, 5) is 11.3. The molecule has 0 aromatic carbocycles. The maximum absolute atomic E-state index is 11.3. The predicted molar refractivity (Wildman–Crippen MR) is 69.8 cm³/mol. The summed E-state index contributed by atoms with van der Waals surface area (Å²) < 4.78 is 5.99. The summed E-state index contributed by atoms with van der Waals surface area (Å²) in [6, 6.07) is 0.168. The van der Waals surface area contributed by atoms with Crippen molar-refractivity contribution < 1.29 is 9.53 Å². The SMILES string of the molecule is C=C(Br)CNC(C)CNC(=O)OC(C)(C)C. The van der Waals surface area contributed by atoms with Gasteiger partial charge >= 0.3 is 6.09 Å². The number of halogens is 1. The summed E-state index contributed by atoms with van der Waals surface area (Å²) in [5, 5.41) is 5.88. The van der Waals surface area contributed by atoms with Crippen LogP contribution in [0.3, 0.4) is 0 Å². The first-order valence-corrected chi connectivity index (χ1v) is 6.03. The fraction of sp³-hybridized carbons (Fsp3) is 0.727. The lowest BCUT2D eigenvalue weighted by molar-refractivity contribution is 0.0523. The van der Waals surface area contributed by atoms with Crippen molar-refractivity contribution >= 4 is 22.0 Å². The average Bonchev–Trinajstić information content (AvgIpc) is 2.08. The highest BCUT2D eigenvalue weighted by Crippen LogP contribution is 2.06. The van der Waals surface area contributed by atoms with Crippen molar-refractivity contribution in [2.75, 3.05) is 13.1 Å². The second-order valence-corrected chi connectivity index (χ2v) is 5.80. The second-order valence-electron chi connectivity index (χ2n) is 4.68. The third-order valence-corrected chi connectivity index (χ3v) is 1.87. The second kappa shape index (κ2) is 6.91. The number of alkyl carbamates (subject to hydrolysis) is 1. The van der Waals surface area contributed by atoms with Crippen LogP contribution in [0, 0.1) is 0 Å². The molecule has 0 aromatic heterocycles. The number of ether oxygens (including phenoxy) is 1. The first-order chi connectivity index (χ1) is 7.20. The number of nitrogens with one attached hydrogen (secondary N) is 2. The number of carbonyl (C=O) groups excluding carboxylic acids is 1. The Hall–Kier alpha value is -0.550. The van der Waals surface area contributed by atoms with Gasteiger partial charge in [-0.3, -0.25) is 0 Å². The van der Waals surface area contributed by atoms with Crippen LogP contribution in [0.25, 0.3) is 0 Å². The molecule has 0 fully saturated rings. The highest BCUT2D eigenvalue weighted by molar-refractivity contribution is 9.11. The van der Waals surface area contributed by atoms with E-state index in [2.05, 4.69) is 33.1 Å². The van der Waals surface area contributed by atoms with E-state index in [1.54, 1.807) is 0 Å². The van der Waals surface area contributed by atoms with E-state index in [9.17, 15) is 4.79 Å². The number of amides is 1. The van der Waals surface area contributed by atoms with Crippen LogP contribution in [0.2, 0.25) is 0 Å². The monoisotopic (exact) mass is 292 g/mol. The van der Waals surface area contributed by atoms with E-state index in [-0.39, 0.29) is 12.1 Å². The quantitative estimate of drug-likeness (QED) is 0.818. The molecular weight excluding hydrogens is 272 g/mol. The van der Waals surface area contributed by atoms with Crippen molar-refractivity contribution in [3.63, 3.8) is 0 Å². The predicted octanol–water partition coefficient (Wildman–Crippen LogP) is 2.40. The van der Waals surface area contributed by atoms with E-state index in [0.29, 0.717) is 13.1 Å². The van der Waals surface area contributed by atoms with Gasteiger partial charge in [0, 0.05) is 23.6 Å². The highest BCUT2D eigenvalue weighted by atomic mass is 79.9. The minimum Gasteiger partial charge on any atom is -0.444 e. The van der Waals surface area contributed by atoms with Gasteiger partial charge in [-0.05, 0) is 27.7 Å². The molecule has 0 saturated heterocycles. The molecule has 0 radical (unpaired) electrons. The van der Waals surface area contributed by atoms with Crippen molar-refractivity contribution in [2.45, 2.75) is 39.3 Å². The molecule has 0 aromatic rings. The van der Waals surface area contributed by atoms with Crippen molar-refractivity contribution in [3.05, 3.63) is 11.1 Å². The molecule has 0 heterocycles. The fourth-order valence-corrected chi connectivity index (χ4v) is 1.07. The summed E-state index contributed by atoms with van der Waals surface area (Å²) in [7, 11) is 0. The van der Waals surface area contributed by atoms with Gasteiger partial charge in [-0.15, -0.1) is 0 Å². The average molecular weight is 293 g/mol. The minimum atomic E-state index is -0.453. The number of hydrogen-bond acceptors (Lipinski definition) is 3. The first-order valence-electron chi connectivity index (χ1n) is 5.24. The van der Waals surface area contributed by atoms with E-state index in [1.165, 1.54) is 0 Å². The highest BCUT2D eigenvalue weighted by Gasteiger charge is 2.16. The molecular formula is C11H21BrN2O2. The minimum absolute atomic E-state index is 0.168. The van der Waals surface area contributed by atoms with E-state index in [4.69, 9.17) is 4.74 Å². The van der Waals surface area contributed by atoms with Crippen molar-refractivity contribution in [1.29, 1.82) is 0 Å². The van der Waals surface area contributed by atoms with Crippen LogP contribution < -0.4 is 10.6 Å². The van der Waals surface area contributed by atoms with E-state index >= 15 is 0 Å². The normalized spacial score (nSPS) is 13.1. The molecule has 1 atom stereocenters. The van der Waals surface area contributed by atoms with Gasteiger partial charge in [-0.1, -0.05) is 22.5 Å². The third kappa shape index (κ3) is 9.98. The molecule has 2 N–H and O–H groups in total. The molecule has 0 rings (SSSR count). The van der Waals surface area contributed by atoms with E-state index in [0.717, 1.165) is 4.48 Å². The molecule has 1 amide bonds. The Morgan fingerprint density at radius 2 is 2.06 bits per heavy atom. The Bertz CT molecular complexity index is 249. The lowest BCUT2D eigenvalue weighted by Crippen LogP contribution is -2.41. The Morgan fingerprint density at radius 3 is 2.50 bits per heavy atom. The Labute approximate surface area is 106 Å². The molecule has 0 aliphatic heterocycles. The molecule has 1 unspecified atom stereocenters. The van der Waals surface area contributed by atoms with Crippen molar-refractivity contribution in [1.82, 2.24) is 10.6 Å². The van der Waals surface area contributed by atoms with Crippen molar-refractivity contribution in [3.8, 4) is 0 Å². The maximum atomic E-state index is 11.3. The zero-order valence-electron chi connectivity index (χ0n) is 10.4. The topological polar surface area (TPSA) is 50.4 Å². The lowest BCUT2D eigenvalue weighted by atomic mass is 10.2. The standard InChI is InChI=1S/C11H21BrN2O2/c1-8(12)6-13-9(2)7-14-10(15)16-11(3,4)5/h9,13H,1,6-7H2,2-5H3,(H,14,15). The van der Waals surface area contributed by atoms with Crippen LogP contribution in [0.5, 0.6) is 0 Å². The van der Waals surface area contributed by atoms with Gasteiger partial charge in [0.05, 0.1) is 0 Å². The molecule has 0 aliphatic rings. The zero-order valence-corrected chi connectivity index (χ0v) is 12.0. The van der Waals surface area contributed by atoms with Gasteiger partial charge < -0.3 is 15.4 Å². The van der Waals surface area contributed by atoms with Crippen LogP contribution in [0.4, 0.5) is 4.79 Å². The third-order valence-electron chi connectivity index (χ3n) is 1.59. The molecule has 16 heavy (non-hydrogen) atoms. The number of hydrogen-bond donors (Lipinski definition) is 2. The smallest absolute Gasteiger partial charge is 0.407 e.